The predicted molar refractivity (Wildman–Crippen MR) is 79.7 cm³/mol. The standard InChI is InChI=1S/C15H14N4O2S/c16-5-10-7-18-19-8-11(6-17-15(10)19)14(20)9-3-12-1-2-13(4-9)22(12)21/h6-9,12-13H,1-4H2. The highest BCUT2D eigenvalue weighted by Crippen LogP contribution is 2.39. The first-order valence-electron chi connectivity index (χ1n) is 7.34. The van der Waals surface area contributed by atoms with E-state index in [0.717, 1.165) is 12.8 Å². The smallest absolute Gasteiger partial charge is 0.172 e. The van der Waals surface area contributed by atoms with Crippen LogP contribution in [0.25, 0.3) is 5.65 Å². The van der Waals surface area contributed by atoms with Gasteiger partial charge in [-0.05, 0) is 25.7 Å². The Morgan fingerprint density at radius 3 is 2.73 bits per heavy atom. The van der Waals surface area contributed by atoms with E-state index < -0.39 is 10.8 Å². The Labute approximate surface area is 129 Å². The second-order valence-corrected chi connectivity index (χ2v) is 7.95. The van der Waals surface area contributed by atoms with E-state index in [1.807, 2.05) is 6.07 Å². The van der Waals surface area contributed by atoms with Crippen LogP contribution in [-0.4, -0.2) is 35.1 Å². The topological polar surface area (TPSA) is 88.1 Å². The Balaban J connectivity index is 1.63. The largest absolute Gasteiger partial charge is 0.294 e. The number of aromatic nitrogens is 3. The highest BCUT2D eigenvalue weighted by molar-refractivity contribution is 7.86. The van der Waals surface area contributed by atoms with Crippen LogP contribution in [-0.2, 0) is 10.8 Å². The van der Waals surface area contributed by atoms with Crippen molar-refractivity contribution in [3.63, 3.8) is 0 Å². The molecule has 2 bridgehead atoms. The third kappa shape index (κ3) is 1.98. The molecule has 2 aliphatic heterocycles. The molecule has 112 valence electrons. The number of ketones is 1. The second-order valence-electron chi connectivity index (χ2n) is 5.96. The van der Waals surface area contributed by atoms with Crippen LogP contribution in [0.1, 0.15) is 41.6 Å². The van der Waals surface area contributed by atoms with Gasteiger partial charge in [0.05, 0.1) is 11.8 Å². The average Bonchev–Trinajstić information content (AvgIpc) is 3.01. The number of rotatable bonds is 2. The number of nitriles is 1. The maximum atomic E-state index is 12.7. The lowest BCUT2D eigenvalue weighted by molar-refractivity contribution is 0.0905. The molecule has 4 rings (SSSR count). The molecular weight excluding hydrogens is 300 g/mol. The van der Waals surface area contributed by atoms with Gasteiger partial charge in [0.25, 0.3) is 0 Å². The molecule has 2 aliphatic rings. The van der Waals surface area contributed by atoms with E-state index in [9.17, 15) is 9.00 Å². The summed E-state index contributed by atoms with van der Waals surface area (Å²) in [5.41, 5.74) is 1.37. The zero-order chi connectivity index (χ0) is 15.3. The Morgan fingerprint density at radius 1 is 1.32 bits per heavy atom. The van der Waals surface area contributed by atoms with Gasteiger partial charge < -0.3 is 0 Å². The van der Waals surface area contributed by atoms with E-state index in [1.165, 1.54) is 16.9 Å². The number of fused-ring (bicyclic) bond motifs is 3. The number of carbonyl (C=O) groups is 1. The van der Waals surface area contributed by atoms with E-state index in [4.69, 9.17) is 5.26 Å². The third-order valence-corrected chi connectivity index (χ3v) is 6.87. The van der Waals surface area contributed by atoms with Gasteiger partial charge in [0.15, 0.2) is 11.4 Å². The summed E-state index contributed by atoms with van der Waals surface area (Å²) in [6.45, 7) is 0. The number of hydrogen-bond acceptors (Lipinski definition) is 5. The molecule has 2 unspecified atom stereocenters. The fraction of sp³-hybridized carbons (Fsp3) is 0.467. The van der Waals surface area contributed by atoms with Crippen LogP contribution < -0.4 is 0 Å². The number of Topliss-reactive ketones (excluding diaryl/α,β-unsaturated/α-hetero) is 1. The molecule has 0 aliphatic carbocycles. The lowest BCUT2D eigenvalue weighted by atomic mass is 9.91. The van der Waals surface area contributed by atoms with Crippen molar-refractivity contribution in [1.82, 2.24) is 14.6 Å². The first-order valence-corrected chi connectivity index (χ1v) is 8.62. The van der Waals surface area contributed by atoms with E-state index in [2.05, 4.69) is 10.1 Å². The van der Waals surface area contributed by atoms with E-state index in [1.54, 1.807) is 6.20 Å². The third-order valence-electron chi connectivity index (χ3n) is 4.69. The second kappa shape index (κ2) is 4.99. The van der Waals surface area contributed by atoms with E-state index in [0.29, 0.717) is 29.6 Å². The van der Waals surface area contributed by atoms with Gasteiger partial charge in [-0.1, -0.05) is 0 Å². The Bertz CT molecular complexity index is 822. The number of nitrogens with zero attached hydrogens (tertiary/aromatic N) is 4. The Morgan fingerprint density at radius 2 is 2.05 bits per heavy atom. The maximum Gasteiger partial charge on any atom is 0.172 e. The normalized spacial score (nSPS) is 30.3. The lowest BCUT2D eigenvalue weighted by Gasteiger charge is -2.26. The van der Waals surface area contributed by atoms with Crippen molar-refractivity contribution in [1.29, 1.82) is 5.26 Å². The predicted octanol–water partition coefficient (Wildman–Crippen LogP) is 1.47. The maximum absolute atomic E-state index is 12.7. The molecule has 2 atom stereocenters. The zero-order valence-electron chi connectivity index (χ0n) is 11.8. The monoisotopic (exact) mass is 314 g/mol. The minimum atomic E-state index is -0.754. The number of carbonyl (C=O) groups excluding carboxylic acids is 1. The molecule has 0 spiro atoms. The molecule has 0 aromatic carbocycles. The molecule has 7 heteroatoms. The summed E-state index contributed by atoms with van der Waals surface area (Å²) in [6.07, 6.45) is 7.98. The van der Waals surface area contributed by atoms with Crippen LogP contribution in [0.4, 0.5) is 0 Å². The number of hydrogen-bond donors (Lipinski definition) is 0. The summed E-state index contributed by atoms with van der Waals surface area (Å²) in [7, 11) is -0.754. The van der Waals surface area contributed by atoms with Crippen LogP contribution in [0.5, 0.6) is 0 Å². The molecule has 2 saturated heterocycles. The first-order chi connectivity index (χ1) is 10.7. The SMILES string of the molecule is N#Cc1cnn2cc(C(=O)C3CC4CCC(C3)S4=O)cnc12. The average molecular weight is 314 g/mol. The molecule has 2 aromatic rings. The fourth-order valence-electron chi connectivity index (χ4n) is 3.56. The highest BCUT2D eigenvalue weighted by atomic mass is 32.2. The molecule has 2 aromatic heterocycles. The molecule has 0 saturated carbocycles. The molecule has 6 nitrogen and oxygen atoms in total. The summed E-state index contributed by atoms with van der Waals surface area (Å²) in [4.78, 5) is 16.9. The molecule has 0 radical (unpaired) electrons. The molecule has 22 heavy (non-hydrogen) atoms. The summed E-state index contributed by atoms with van der Waals surface area (Å²) in [5, 5.41) is 13.4. The highest BCUT2D eigenvalue weighted by Gasteiger charge is 2.42. The van der Waals surface area contributed by atoms with Crippen molar-refractivity contribution in [3.8, 4) is 6.07 Å². The van der Waals surface area contributed by atoms with E-state index >= 15 is 0 Å². The van der Waals surface area contributed by atoms with Crippen LogP contribution in [0, 0.1) is 17.2 Å². The van der Waals surface area contributed by atoms with E-state index in [-0.39, 0.29) is 22.2 Å². The molecule has 4 heterocycles. The Kier molecular flexibility index (Phi) is 3.08. The molecule has 0 N–H and O–H groups in total. The quantitative estimate of drug-likeness (QED) is 0.783. The lowest BCUT2D eigenvalue weighted by Crippen LogP contribution is -2.32. The van der Waals surface area contributed by atoms with Crippen LogP contribution in [0.15, 0.2) is 18.6 Å². The molecule has 2 fully saturated rings. The van der Waals surface area contributed by atoms with Crippen LogP contribution in [0.3, 0.4) is 0 Å². The Hall–Kier alpha value is -2.07. The van der Waals surface area contributed by atoms with Crippen molar-refractivity contribution in [2.24, 2.45) is 5.92 Å². The van der Waals surface area contributed by atoms with Gasteiger partial charge in [0.2, 0.25) is 0 Å². The van der Waals surface area contributed by atoms with Crippen molar-refractivity contribution < 1.29 is 9.00 Å². The van der Waals surface area contributed by atoms with Gasteiger partial charge in [-0.2, -0.15) is 10.4 Å². The van der Waals surface area contributed by atoms with Gasteiger partial charge in [-0.15, -0.1) is 0 Å². The molecular formula is C15H14N4O2S. The minimum Gasteiger partial charge on any atom is -0.294 e. The van der Waals surface area contributed by atoms with Gasteiger partial charge in [0, 0.05) is 39.6 Å². The van der Waals surface area contributed by atoms with Crippen molar-refractivity contribution in [2.75, 3.05) is 0 Å². The van der Waals surface area contributed by atoms with Gasteiger partial charge in [-0.3, -0.25) is 9.00 Å². The summed E-state index contributed by atoms with van der Waals surface area (Å²) >= 11 is 0. The van der Waals surface area contributed by atoms with Crippen molar-refractivity contribution in [2.45, 2.75) is 36.2 Å². The van der Waals surface area contributed by atoms with Crippen molar-refractivity contribution in [3.05, 3.63) is 29.7 Å². The summed E-state index contributed by atoms with van der Waals surface area (Å²) in [6, 6.07) is 2.02. The van der Waals surface area contributed by atoms with Gasteiger partial charge in [-0.25, -0.2) is 9.50 Å². The minimum absolute atomic E-state index is 0.0528. The van der Waals surface area contributed by atoms with Gasteiger partial charge >= 0.3 is 0 Å². The zero-order valence-corrected chi connectivity index (χ0v) is 12.6. The van der Waals surface area contributed by atoms with Crippen molar-refractivity contribution >= 4 is 22.2 Å². The van der Waals surface area contributed by atoms with Crippen LogP contribution >= 0.6 is 0 Å². The first kappa shape index (κ1) is 13.6. The summed E-state index contributed by atoms with van der Waals surface area (Å²) < 4.78 is 13.5. The molecule has 0 amide bonds. The van der Waals surface area contributed by atoms with Gasteiger partial charge in [0.1, 0.15) is 11.6 Å². The fourth-order valence-corrected chi connectivity index (χ4v) is 5.69. The van der Waals surface area contributed by atoms with Crippen LogP contribution in [0.2, 0.25) is 0 Å². The summed E-state index contributed by atoms with van der Waals surface area (Å²) in [5.74, 6) is -0.0162.